The van der Waals surface area contributed by atoms with Crippen molar-refractivity contribution in [3.63, 3.8) is 0 Å². The van der Waals surface area contributed by atoms with E-state index in [0.29, 0.717) is 21.7 Å². The van der Waals surface area contributed by atoms with Crippen molar-refractivity contribution >= 4 is 11.6 Å². The highest BCUT2D eigenvalue weighted by molar-refractivity contribution is 6.31. The van der Waals surface area contributed by atoms with Crippen molar-refractivity contribution in [2.24, 2.45) is 0 Å². The van der Waals surface area contributed by atoms with Crippen molar-refractivity contribution in [2.45, 2.75) is 55.7 Å². The van der Waals surface area contributed by atoms with E-state index in [4.69, 9.17) is 16.3 Å². The van der Waals surface area contributed by atoms with Crippen LogP contribution in [0.3, 0.4) is 0 Å². The van der Waals surface area contributed by atoms with Crippen LogP contribution in [-0.4, -0.2) is 51.4 Å². The molecule has 5 atom stereocenters. The van der Waals surface area contributed by atoms with Gasteiger partial charge < -0.3 is 25.2 Å². The van der Waals surface area contributed by atoms with Crippen molar-refractivity contribution in [1.82, 2.24) is 0 Å². The van der Waals surface area contributed by atoms with Gasteiger partial charge in [-0.05, 0) is 47.1 Å². The molecule has 2 aromatic rings. The molecule has 8 heteroatoms. The largest absolute Gasteiger partial charge is 0.394 e. The summed E-state index contributed by atoms with van der Waals surface area (Å²) in [7, 11) is 0. The zero-order chi connectivity index (χ0) is 21.6. The first kappa shape index (κ1) is 21.6. The van der Waals surface area contributed by atoms with Gasteiger partial charge in [-0.25, -0.2) is 8.78 Å². The number of benzene rings is 2. The average Bonchev–Trinajstić information content (AvgIpc) is 3.57. The number of hydrogen-bond acceptors (Lipinski definition) is 5. The van der Waals surface area contributed by atoms with Crippen molar-refractivity contribution in [1.29, 1.82) is 0 Å². The first-order valence-electron chi connectivity index (χ1n) is 9.87. The van der Waals surface area contributed by atoms with E-state index in [1.54, 1.807) is 30.3 Å². The summed E-state index contributed by atoms with van der Waals surface area (Å²) in [5, 5.41) is 40.0. The van der Waals surface area contributed by atoms with Crippen molar-refractivity contribution < 1.29 is 33.9 Å². The molecule has 2 fully saturated rings. The van der Waals surface area contributed by atoms with Gasteiger partial charge in [0, 0.05) is 11.4 Å². The number of rotatable bonds is 5. The summed E-state index contributed by atoms with van der Waals surface area (Å²) in [6, 6.07) is 7.87. The maximum absolute atomic E-state index is 14.6. The van der Waals surface area contributed by atoms with Gasteiger partial charge in [0.1, 0.15) is 30.5 Å². The van der Waals surface area contributed by atoms with E-state index in [-0.39, 0.29) is 17.9 Å². The molecule has 1 heterocycles. The van der Waals surface area contributed by atoms with Gasteiger partial charge in [0.25, 0.3) is 0 Å². The number of halogens is 3. The van der Waals surface area contributed by atoms with Gasteiger partial charge in [-0.15, -0.1) is 0 Å². The van der Waals surface area contributed by atoms with Gasteiger partial charge in [0.2, 0.25) is 0 Å². The van der Waals surface area contributed by atoms with Crippen molar-refractivity contribution in [3.8, 4) is 0 Å². The SMILES string of the molecule is OCC1O[C@@H](c2ccc(Cl)c(Cc3ccc(C4CC4)c(F)c3F)c2)[C@H](O)C(O)[C@@H]1O. The van der Waals surface area contributed by atoms with Crippen LogP contribution in [-0.2, 0) is 11.2 Å². The van der Waals surface area contributed by atoms with Crippen LogP contribution in [0.15, 0.2) is 30.3 Å². The lowest BCUT2D eigenvalue weighted by Gasteiger charge is -2.40. The molecule has 1 saturated heterocycles. The van der Waals surface area contributed by atoms with Crippen LogP contribution < -0.4 is 0 Å². The molecule has 2 unspecified atom stereocenters. The first-order valence-corrected chi connectivity index (χ1v) is 10.2. The molecule has 5 nitrogen and oxygen atoms in total. The van der Waals surface area contributed by atoms with Gasteiger partial charge >= 0.3 is 0 Å². The average molecular weight is 441 g/mol. The molecule has 30 heavy (non-hydrogen) atoms. The standard InChI is InChI=1S/C22H23ClF2O5/c23-15-6-4-12(22-21(29)20(28)19(27)16(9-26)30-22)8-13(15)7-11-3-5-14(10-1-2-10)18(25)17(11)24/h3-6,8,10,16,19-22,26-29H,1-2,7,9H2/t16?,19-,20?,21-,22+/m1/s1. The fourth-order valence-electron chi connectivity index (χ4n) is 3.94. The van der Waals surface area contributed by atoms with E-state index in [1.165, 1.54) is 0 Å². The van der Waals surface area contributed by atoms with E-state index in [9.17, 15) is 29.2 Å². The molecule has 4 N–H and O–H groups in total. The van der Waals surface area contributed by atoms with Crippen LogP contribution in [0.25, 0.3) is 0 Å². The third-order valence-electron chi connectivity index (χ3n) is 5.88. The second-order valence-electron chi connectivity index (χ2n) is 7.99. The zero-order valence-electron chi connectivity index (χ0n) is 16.0. The van der Waals surface area contributed by atoms with Gasteiger partial charge in [-0.2, -0.15) is 0 Å². The molecule has 0 aromatic heterocycles. The number of aliphatic hydroxyl groups is 4. The summed E-state index contributed by atoms with van der Waals surface area (Å²) in [4.78, 5) is 0. The van der Waals surface area contributed by atoms with E-state index in [1.807, 2.05) is 0 Å². The third kappa shape index (κ3) is 3.98. The molecule has 2 aliphatic rings. The summed E-state index contributed by atoms with van der Waals surface area (Å²) in [6.45, 7) is -0.542. The molecule has 162 valence electrons. The zero-order valence-corrected chi connectivity index (χ0v) is 16.8. The molecule has 0 radical (unpaired) electrons. The van der Waals surface area contributed by atoms with Gasteiger partial charge in [-0.1, -0.05) is 35.9 Å². The molecule has 0 spiro atoms. The molecule has 4 rings (SSSR count). The summed E-state index contributed by atoms with van der Waals surface area (Å²) in [6.07, 6.45) is -4.74. The minimum absolute atomic E-state index is 0.0256. The monoisotopic (exact) mass is 440 g/mol. The lowest BCUT2D eigenvalue weighted by atomic mass is 9.90. The lowest BCUT2D eigenvalue weighted by molar-refractivity contribution is -0.231. The Balaban J connectivity index is 1.62. The van der Waals surface area contributed by atoms with E-state index in [2.05, 4.69) is 0 Å². The minimum atomic E-state index is -1.51. The van der Waals surface area contributed by atoms with Gasteiger partial charge in [0.15, 0.2) is 11.6 Å². The first-order chi connectivity index (χ1) is 14.3. The Morgan fingerprint density at radius 1 is 0.933 bits per heavy atom. The van der Waals surface area contributed by atoms with Crippen LogP contribution in [0.1, 0.15) is 47.1 Å². The second-order valence-corrected chi connectivity index (χ2v) is 8.40. The Morgan fingerprint density at radius 2 is 1.67 bits per heavy atom. The van der Waals surface area contributed by atoms with E-state index in [0.717, 1.165) is 12.8 Å². The number of ether oxygens (including phenoxy) is 1. The molecule has 1 aliphatic carbocycles. The predicted octanol–water partition coefficient (Wildman–Crippen LogP) is 2.60. The maximum atomic E-state index is 14.6. The molecule has 2 aromatic carbocycles. The molecule has 0 amide bonds. The Kier molecular flexibility index (Phi) is 6.12. The second kappa shape index (κ2) is 8.49. The van der Waals surface area contributed by atoms with Gasteiger partial charge in [-0.3, -0.25) is 0 Å². The quantitative estimate of drug-likeness (QED) is 0.574. The summed E-state index contributed by atoms with van der Waals surface area (Å²) in [5.41, 5.74) is 1.48. The lowest BCUT2D eigenvalue weighted by Crippen LogP contribution is -2.55. The Morgan fingerprint density at radius 3 is 2.33 bits per heavy atom. The highest BCUT2D eigenvalue weighted by Crippen LogP contribution is 2.42. The number of aliphatic hydroxyl groups excluding tert-OH is 4. The van der Waals surface area contributed by atoms with Crippen LogP contribution in [0.5, 0.6) is 0 Å². The molecule has 1 aliphatic heterocycles. The van der Waals surface area contributed by atoms with Crippen molar-refractivity contribution in [2.75, 3.05) is 6.61 Å². The fraction of sp³-hybridized carbons (Fsp3) is 0.455. The van der Waals surface area contributed by atoms with Crippen molar-refractivity contribution in [3.05, 3.63) is 69.2 Å². The summed E-state index contributed by atoms with van der Waals surface area (Å²) in [5.74, 6) is -1.63. The predicted molar refractivity (Wildman–Crippen MR) is 105 cm³/mol. The fourth-order valence-corrected chi connectivity index (χ4v) is 4.12. The topological polar surface area (TPSA) is 90.2 Å². The Hall–Kier alpha value is -1.61. The third-order valence-corrected chi connectivity index (χ3v) is 6.25. The summed E-state index contributed by atoms with van der Waals surface area (Å²) < 4.78 is 34.6. The highest BCUT2D eigenvalue weighted by atomic mass is 35.5. The minimum Gasteiger partial charge on any atom is -0.394 e. The van der Waals surface area contributed by atoms with Crippen LogP contribution in [0.2, 0.25) is 5.02 Å². The molecular weight excluding hydrogens is 418 g/mol. The Bertz CT molecular complexity index is 934. The normalized spacial score (nSPS) is 29.2. The molecule has 0 bridgehead atoms. The smallest absolute Gasteiger partial charge is 0.162 e. The van der Waals surface area contributed by atoms with Crippen LogP contribution >= 0.6 is 11.6 Å². The highest BCUT2D eigenvalue weighted by Gasteiger charge is 2.44. The van der Waals surface area contributed by atoms with E-state index < -0.39 is 48.8 Å². The van der Waals surface area contributed by atoms with Crippen LogP contribution in [0, 0.1) is 11.6 Å². The molecule has 1 saturated carbocycles. The van der Waals surface area contributed by atoms with E-state index >= 15 is 0 Å². The maximum Gasteiger partial charge on any atom is 0.162 e. The summed E-state index contributed by atoms with van der Waals surface area (Å²) >= 11 is 6.26. The van der Waals surface area contributed by atoms with Gasteiger partial charge in [0.05, 0.1) is 6.61 Å². The number of hydrogen-bond donors (Lipinski definition) is 4. The molecular formula is C22H23ClF2O5. The van der Waals surface area contributed by atoms with Crippen LogP contribution in [0.4, 0.5) is 8.78 Å². The Labute approximate surface area is 177 Å².